The van der Waals surface area contributed by atoms with Gasteiger partial charge in [-0.1, -0.05) is 11.6 Å². The van der Waals surface area contributed by atoms with Crippen LogP contribution in [0.25, 0.3) is 10.1 Å². The molecule has 0 aliphatic rings. The summed E-state index contributed by atoms with van der Waals surface area (Å²) in [6, 6.07) is 3.72. The SMILES string of the molecule is O=Cc1c(Cl)cc(CCl)c2ccsc12. The summed E-state index contributed by atoms with van der Waals surface area (Å²) in [6.45, 7) is 0. The van der Waals surface area contributed by atoms with Crippen molar-refractivity contribution < 1.29 is 4.79 Å². The zero-order chi connectivity index (χ0) is 10.1. The van der Waals surface area contributed by atoms with Gasteiger partial charge in [0.25, 0.3) is 0 Å². The van der Waals surface area contributed by atoms with Crippen LogP contribution in [0.1, 0.15) is 15.9 Å². The van der Waals surface area contributed by atoms with Gasteiger partial charge in [0.15, 0.2) is 6.29 Å². The molecular formula is C10H6Cl2OS. The molecule has 14 heavy (non-hydrogen) atoms. The minimum Gasteiger partial charge on any atom is -0.298 e. The fraction of sp³-hybridized carbons (Fsp3) is 0.100. The van der Waals surface area contributed by atoms with Gasteiger partial charge in [0.1, 0.15) is 0 Å². The molecule has 0 N–H and O–H groups in total. The van der Waals surface area contributed by atoms with E-state index in [1.54, 1.807) is 6.07 Å². The summed E-state index contributed by atoms with van der Waals surface area (Å²) in [6.07, 6.45) is 0.791. The summed E-state index contributed by atoms with van der Waals surface area (Å²) >= 11 is 13.3. The molecule has 1 nitrogen and oxygen atoms in total. The third-order valence-electron chi connectivity index (χ3n) is 2.08. The molecule has 0 aliphatic heterocycles. The first-order valence-corrected chi connectivity index (χ1v) is 5.77. The molecular weight excluding hydrogens is 239 g/mol. The van der Waals surface area contributed by atoms with E-state index in [2.05, 4.69) is 0 Å². The highest BCUT2D eigenvalue weighted by Crippen LogP contribution is 2.33. The third kappa shape index (κ3) is 1.44. The largest absolute Gasteiger partial charge is 0.298 e. The van der Waals surface area contributed by atoms with Crippen LogP contribution in [0, 0.1) is 0 Å². The Labute approximate surface area is 95.3 Å². The number of halogens is 2. The van der Waals surface area contributed by atoms with Crippen molar-refractivity contribution >= 4 is 50.9 Å². The summed E-state index contributed by atoms with van der Waals surface area (Å²) in [5.41, 5.74) is 1.53. The molecule has 0 radical (unpaired) electrons. The first-order valence-electron chi connectivity index (χ1n) is 3.97. The molecule has 2 rings (SSSR count). The predicted octanol–water partition coefficient (Wildman–Crippen LogP) is 4.11. The van der Waals surface area contributed by atoms with Crippen molar-refractivity contribution in [2.45, 2.75) is 5.88 Å². The molecule has 2 aromatic rings. The van der Waals surface area contributed by atoms with E-state index in [0.29, 0.717) is 16.5 Å². The van der Waals surface area contributed by atoms with Gasteiger partial charge in [-0.15, -0.1) is 22.9 Å². The highest BCUT2D eigenvalue weighted by Gasteiger charge is 2.10. The maximum absolute atomic E-state index is 10.8. The van der Waals surface area contributed by atoms with E-state index in [9.17, 15) is 4.79 Å². The molecule has 0 saturated heterocycles. The zero-order valence-corrected chi connectivity index (χ0v) is 9.42. The monoisotopic (exact) mass is 244 g/mol. The zero-order valence-electron chi connectivity index (χ0n) is 7.09. The van der Waals surface area contributed by atoms with Crippen molar-refractivity contribution in [1.29, 1.82) is 0 Å². The number of carbonyl (C=O) groups excluding carboxylic acids is 1. The molecule has 1 heterocycles. The van der Waals surface area contributed by atoms with Gasteiger partial charge in [0.05, 0.1) is 10.6 Å². The second-order valence-electron chi connectivity index (χ2n) is 2.85. The normalized spacial score (nSPS) is 10.7. The molecule has 0 atom stereocenters. The summed E-state index contributed by atoms with van der Waals surface area (Å²) in [5, 5.41) is 3.44. The average molecular weight is 245 g/mol. The molecule has 0 aliphatic carbocycles. The molecule has 0 saturated carbocycles. The van der Waals surface area contributed by atoms with Gasteiger partial charge in [-0.25, -0.2) is 0 Å². The molecule has 1 aromatic carbocycles. The highest BCUT2D eigenvalue weighted by atomic mass is 35.5. The van der Waals surface area contributed by atoms with E-state index in [4.69, 9.17) is 23.2 Å². The van der Waals surface area contributed by atoms with Crippen LogP contribution in [0.4, 0.5) is 0 Å². The first kappa shape index (κ1) is 9.97. The van der Waals surface area contributed by atoms with Crippen LogP contribution in [-0.4, -0.2) is 6.29 Å². The van der Waals surface area contributed by atoms with Crippen LogP contribution < -0.4 is 0 Å². The Morgan fingerprint density at radius 2 is 2.29 bits per heavy atom. The second kappa shape index (κ2) is 3.89. The number of alkyl halides is 1. The topological polar surface area (TPSA) is 17.1 Å². The number of carbonyl (C=O) groups is 1. The highest BCUT2D eigenvalue weighted by molar-refractivity contribution is 7.17. The Balaban J connectivity index is 2.88. The smallest absolute Gasteiger partial charge is 0.152 e. The first-order chi connectivity index (χ1) is 6.77. The van der Waals surface area contributed by atoms with Crippen LogP contribution in [0.5, 0.6) is 0 Å². The van der Waals surface area contributed by atoms with Crippen LogP contribution in [0.2, 0.25) is 5.02 Å². The van der Waals surface area contributed by atoms with Gasteiger partial charge in [0.2, 0.25) is 0 Å². The number of rotatable bonds is 2. The standard InChI is InChI=1S/C10H6Cl2OS/c11-4-6-3-9(12)8(5-13)10-7(6)1-2-14-10/h1-3,5H,4H2. The average Bonchev–Trinajstić information content (AvgIpc) is 2.65. The van der Waals surface area contributed by atoms with E-state index >= 15 is 0 Å². The number of fused-ring (bicyclic) bond motifs is 1. The lowest BCUT2D eigenvalue weighted by Gasteiger charge is -2.03. The van der Waals surface area contributed by atoms with Crippen LogP contribution in [0.15, 0.2) is 17.5 Å². The van der Waals surface area contributed by atoms with E-state index in [1.807, 2.05) is 11.4 Å². The minimum atomic E-state index is 0.409. The Morgan fingerprint density at radius 1 is 1.50 bits per heavy atom. The fourth-order valence-corrected chi connectivity index (χ4v) is 2.91. The maximum atomic E-state index is 10.8. The molecule has 0 spiro atoms. The van der Waals surface area contributed by atoms with Crippen LogP contribution in [-0.2, 0) is 5.88 Å². The lowest BCUT2D eigenvalue weighted by Crippen LogP contribution is -1.87. The van der Waals surface area contributed by atoms with E-state index < -0.39 is 0 Å². The molecule has 72 valence electrons. The molecule has 4 heteroatoms. The van der Waals surface area contributed by atoms with Gasteiger partial charge in [0, 0.05) is 10.6 Å². The van der Waals surface area contributed by atoms with E-state index in [-0.39, 0.29) is 0 Å². The Bertz CT molecular complexity index is 490. The number of benzene rings is 1. The van der Waals surface area contributed by atoms with Crippen LogP contribution in [0.3, 0.4) is 0 Å². The molecule has 0 bridgehead atoms. The van der Waals surface area contributed by atoms with Crippen molar-refractivity contribution in [2.75, 3.05) is 0 Å². The number of aldehydes is 1. The third-order valence-corrected chi connectivity index (χ3v) is 3.62. The summed E-state index contributed by atoms with van der Waals surface area (Å²) in [4.78, 5) is 10.8. The van der Waals surface area contributed by atoms with Crippen molar-refractivity contribution in [2.24, 2.45) is 0 Å². The van der Waals surface area contributed by atoms with Gasteiger partial charge >= 0.3 is 0 Å². The van der Waals surface area contributed by atoms with E-state index in [1.165, 1.54) is 11.3 Å². The summed E-state index contributed by atoms with van der Waals surface area (Å²) in [7, 11) is 0. The number of thiophene rings is 1. The van der Waals surface area contributed by atoms with Crippen LogP contribution >= 0.6 is 34.5 Å². The van der Waals surface area contributed by atoms with Crippen molar-refractivity contribution in [1.82, 2.24) is 0 Å². The molecule has 0 unspecified atom stereocenters. The number of hydrogen-bond acceptors (Lipinski definition) is 2. The Morgan fingerprint density at radius 3 is 2.93 bits per heavy atom. The quantitative estimate of drug-likeness (QED) is 0.574. The summed E-state index contributed by atoms with van der Waals surface area (Å²) < 4.78 is 0.920. The Hall–Kier alpha value is -0.570. The second-order valence-corrected chi connectivity index (χ2v) is 4.44. The molecule has 0 fully saturated rings. The molecule has 0 amide bonds. The van der Waals surface area contributed by atoms with Crippen molar-refractivity contribution in [3.8, 4) is 0 Å². The lowest BCUT2D eigenvalue weighted by molar-refractivity contribution is 0.112. The maximum Gasteiger partial charge on any atom is 0.152 e. The molecule has 1 aromatic heterocycles. The van der Waals surface area contributed by atoms with Crippen molar-refractivity contribution in [3.63, 3.8) is 0 Å². The van der Waals surface area contributed by atoms with Gasteiger partial charge in [-0.05, 0) is 28.5 Å². The minimum absolute atomic E-state index is 0.409. The number of hydrogen-bond donors (Lipinski definition) is 0. The fourth-order valence-electron chi connectivity index (χ4n) is 1.41. The summed E-state index contributed by atoms with van der Waals surface area (Å²) in [5.74, 6) is 0.409. The predicted molar refractivity (Wildman–Crippen MR) is 61.8 cm³/mol. The van der Waals surface area contributed by atoms with Gasteiger partial charge in [-0.2, -0.15) is 0 Å². The van der Waals surface area contributed by atoms with Crippen molar-refractivity contribution in [3.05, 3.63) is 33.7 Å². The Kier molecular flexibility index (Phi) is 2.77. The van der Waals surface area contributed by atoms with Gasteiger partial charge in [-0.3, -0.25) is 4.79 Å². The van der Waals surface area contributed by atoms with Gasteiger partial charge < -0.3 is 0 Å². The lowest BCUT2D eigenvalue weighted by atomic mass is 10.1. The van der Waals surface area contributed by atoms with E-state index in [0.717, 1.165) is 21.9 Å².